The molecule has 0 fully saturated rings. The molecule has 0 atom stereocenters. The average Bonchev–Trinajstić information content (AvgIpc) is 2.03. The van der Waals surface area contributed by atoms with Crippen LogP contribution in [0.5, 0.6) is 0 Å². The first kappa shape index (κ1) is 11.4. The molecular weight excluding hydrogens is 341 g/mol. The summed E-state index contributed by atoms with van der Waals surface area (Å²) in [5.41, 5.74) is 0.394. The van der Waals surface area contributed by atoms with E-state index in [1.54, 1.807) is 30.3 Å². The second-order valence-corrected chi connectivity index (χ2v) is 19.9. The van der Waals surface area contributed by atoms with Gasteiger partial charge < -0.3 is 0 Å². The average molecular weight is 346 g/mol. The Morgan fingerprint density at radius 1 is 1.15 bits per heavy atom. The molecule has 0 radical (unpaired) electrons. The van der Waals surface area contributed by atoms with Crippen molar-refractivity contribution in [2.24, 2.45) is 0 Å². The zero-order chi connectivity index (χ0) is 9.90. The second kappa shape index (κ2) is 4.73. The third-order valence-electron chi connectivity index (χ3n) is 1.22. The Morgan fingerprint density at radius 3 is 2.15 bits per heavy atom. The monoisotopic (exact) mass is 346 g/mol. The second-order valence-electron chi connectivity index (χ2n) is 2.20. The van der Waals surface area contributed by atoms with E-state index in [2.05, 4.69) is 0 Å². The van der Waals surface area contributed by atoms with Gasteiger partial charge in [-0.2, -0.15) is 0 Å². The van der Waals surface area contributed by atoms with Crippen LogP contribution in [0.15, 0.2) is 30.3 Å². The predicted molar refractivity (Wildman–Crippen MR) is 55.2 cm³/mol. The van der Waals surface area contributed by atoms with E-state index in [1.807, 2.05) is 0 Å². The summed E-state index contributed by atoms with van der Waals surface area (Å²) >= 11 is -4.02. The summed E-state index contributed by atoms with van der Waals surface area (Å²) in [6.45, 7) is 0. The molecule has 13 heavy (non-hydrogen) atoms. The Kier molecular flexibility index (Phi) is 4.16. The minimum absolute atomic E-state index is 0.394. The molecule has 1 rings (SSSR count). The van der Waals surface area contributed by atoms with Crippen LogP contribution >= 0.6 is 26.8 Å². The fourth-order valence-corrected chi connectivity index (χ4v) is 3.08. The topological polar surface area (TPSA) is 26.3 Å². The van der Waals surface area contributed by atoms with Gasteiger partial charge in [0.05, 0.1) is 0 Å². The van der Waals surface area contributed by atoms with Gasteiger partial charge in [0.2, 0.25) is 0 Å². The van der Waals surface area contributed by atoms with Gasteiger partial charge in [0.15, 0.2) is 0 Å². The molecule has 0 spiro atoms. The van der Waals surface area contributed by atoms with Gasteiger partial charge in [0, 0.05) is 0 Å². The van der Waals surface area contributed by atoms with Gasteiger partial charge in [-0.1, -0.05) is 0 Å². The molecule has 0 aromatic heterocycles. The van der Waals surface area contributed by atoms with Crippen molar-refractivity contribution in [3.05, 3.63) is 35.9 Å². The molecule has 0 unspecified atom stereocenters. The first-order valence-corrected chi connectivity index (χ1v) is 15.3. The number of rotatable bonds is 2. The Hall–Kier alpha value is 0.359. The number of carbonyl (C=O) groups excluding carboxylic acids is 1. The number of hydrogen-bond donors (Lipinski definition) is 0. The van der Waals surface area contributed by atoms with Gasteiger partial charge in [-0.15, -0.1) is 0 Å². The van der Waals surface area contributed by atoms with Crippen LogP contribution in [0.3, 0.4) is 0 Å². The predicted octanol–water partition coefficient (Wildman–Crippen LogP) is 3.00. The third-order valence-corrected chi connectivity index (χ3v) is 3.96. The molecule has 1 aromatic rings. The van der Waals surface area contributed by atoms with E-state index in [4.69, 9.17) is 29.8 Å². The summed E-state index contributed by atoms with van der Waals surface area (Å²) in [5.74, 6) is -0.573. The minimum atomic E-state index is -4.02. The summed E-state index contributed by atoms with van der Waals surface area (Å²) in [5, 5.41) is 0. The molecule has 0 saturated heterocycles. The van der Waals surface area contributed by atoms with E-state index in [0.29, 0.717) is 5.56 Å². The Bertz CT molecular complexity index is 296. The SMILES string of the molecule is O=C([O][Sn]([Cl])([Cl])[Cl])c1ccccc1. The van der Waals surface area contributed by atoms with Crippen LogP contribution in [-0.2, 0) is 3.07 Å². The van der Waals surface area contributed by atoms with Gasteiger partial charge in [0.1, 0.15) is 0 Å². The first-order valence-electron chi connectivity index (χ1n) is 3.34. The Labute approximate surface area is 91.3 Å². The van der Waals surface area contributed by atoms with E-state index >= 15 is 0 Å². The van der Waals surface area contributed by atoms with E-state index in [9.17, 15) is 4.79 Å². The Balaban J connectivity index is 2.71. The van der Waals surface area contributed by atoms with Crippen LogP contribution < -0.4 is 0 Å². The van der Waals surface area contributed by atoms with Crippen molar-refractivity contribution in [3.63, 3.8) is 0 Å². The van der Waals surface area contributed by atoms with Crippen molar-refractivity contribution in [3.8, 4) is 0 Å². The molecule has 70 valence electrons. The van der Waals surface area contributed by atoms with Gasteiger partial charge in [-0.05, 0) is 0 Å². The van der Waals surface area contributed by atoms with Crippen LogP contribution in [0.25, 0.3) is 0 Å². The molecule has 0 heterocycles. The van der Waals surface area contributed by atoms with E-state index in [-0.39, 0.29) is 0 Å². The van der Waals surface area contributed by atoms with Gasteiger partial charge in [0.25, 0.3) is 0 Å². The molecule has 1 aromatic carbocycles. The molecule has 0 bridgehead atoms. The molecule has 0 saturated carbocycles. The van der Waals surface area contributed by atoms with Gasteiger partial charge in [-0.3, -0.25) is 0 Å². The maximum atomic E-state index is 11.2. The van der Waals surface area contributed by atoms with Crippen LogP contribution in [-0.4, -0.2) is 21.4 Å². The number of carbonyl (C=O) groups is 1. The summed E-state index contributed by atoms with van der Waals surface area (Å²) in [6, 6.07) is 8.42. The van der Waals surface area contributed by atoms with Crippen molar-refractivity contribution in [1.29, 1.82) is 0 Å². The fraction of sp³-hybridized carbons (Fsp3) is 0. The molecule has 0 amide bonds. The molecule has 0 aliphatic carbocycles. The molecule has 0 aliphatic heterocycles. The normalized spacial score (nSPS) is 11.0. The Morgan fingerprint density at radius 2 is 1.69 bits per heavy atom. The van der Waals surface area contributed by atoms with Crippen molar-refractivity contribution >= 4 is 48.1 Å². The molecule has 2 nitrogen and oxygen atoms in total. The van der Waals surface area contributed by atoms with Crippen LogP contribution in [0, 0.1) is 0 Å². The zero-order valence-corrected chi connectivity index (χ0v) is 11.5. The molecular formula is C7H5Cl3O2Sn. The third kappa shape index (κ3) is 4.40. The van der Waals surface area contributed by atoms with Crippen LogP contribution in [0.1, 0.15) is 10.4 Å². The van der Waals surface area contributed by atoms with Crippen molar-refractivity contribution < 1.29 is 7.87 Å². The van der Waals surface area contributed by atoms with E-state index in [0.717, 1.165) is 0 Å². The zero-order valence-electron chi connectivity index (χ0n) is 6.34. The van der Waals surface area contributed by atoms with Crippen molar-refractivity contribution in [2.75, 3.05) is 0 Å². The molecule has 0 aliphatic rings. The fourth-order valence-electron chi connectivity index (χ4n) is 0.738. The molecule has 0 N–H and O–H groups in total. The standard InChI is InChI=1S/C7H6O2.3ClH.Sn/c8-7(9)6-4-2-1-3-5-6;;;;/h1-5H,(H,8,9);3*1H;/q;;;;+4/p-4. The number of hydrogen-bond acceptors (Lipinski definition) is 2. The summed E-state index contributed by atoms with van der Waals surface area (Å²) < 4.78 is 4.69. The number of halogens is 3. The summed E-state index contributed by atoms with van der Waals surface area (Å²) in [4.78, 5) is 11.2. The van der Waals surface area contributed by atoms with Crippen LogP contribution in [0.2, 0.25) is 0 Å². The molecule has 6 heteroatoms. The van der Waals surface area contributed by atoms with Crippen molar-refractivity contribution in [2.45, 2.75) is 0 Å². The van der Waals surface area contributed by atoms with Gasteiger partial charge in [-0.25, -0.2) is 0 Å². The summed E-state index contributed by atoms with van der Waals surface area (Å²) in [6.07, 6.45) is 0. The quantitative estimate of drug-likeness (QED) is 0.770. The maximum absolute atomic E-state index is 11.2. The van der Waals surface area contributed by atoms with Gasteiger partial charge >= 0.3 is 91.9 Å². The van der Waals surface area contributed by atoms with E-state index < -0.39 is 21.4 Å². The number of benzene rings is 1. The summed E-state index contributed by atoms with van der Waals surface area (Å²) in [7, 11) is 16.4. The van der Waals surface area contributed by atoms with Crippen molar-refractivity contribution in [1.82, 2.24) is 0 Å². The van der Waals surface area contributed by atoms with Crippen LogP contribution in [0.4, 0.5) is 0 Å². The van der Waals surface area contributed by atoms with E-state index in [1.165, 1.54) is 0 Å². The first-order chi connectivity index (χ1) is 5.99.